The Labute approximate surface area is 223 Å². The van der Waals surface area contributed by atoms with E-state index in [-0.39, 0.29) is 29.6 Å². The Kier molecular flexibility index (Phi) is 6.62. The second-order valence-electron chi connectivity index (χ2n) is 9.84. The van der Waals surface area contributed by atoms with Gasteiger partial charge in [-0.05, 0) is 23.3 Å². The lowest BCUT2D eigenvalue weighted by Gasteiger charge is -2.44. The highest BCUT2D eigenvalue weighted by molar-refractivity contribution is 6.08. The largest absolute Gasteiger partial charge is 0.497 e. The predicted octanol–water partition coefficient (Wildman–Crippen LogP) is 7.12. The second-order valence-corrected chi connectivity index (χ2v) is 9.84. The number of nitrogens with zero attached hydrogens (tertiary/aromatic N) is 1. The van der Waals surface area contributed by atoms with Gasteiger partial charge in [0.15, 0.2) is 5.78 Å². The summed E-state index contributed by atoms with van der Waals surface area (Å²) < 4.78 is 6.29. The first kappa shape index (κ1) is 23.9. The van der Waals surface area contributed by atoms with Crippen molar-refractivity contribution < 1.29 is 14.3 Å². The topological polar surface area (TPSA) is 46.6 Å². The van der Waals surface area contributed by atoms with Gasteiger partial charge < -0.3 is 9.64 Å². The van der Waals surface area contributed by atoms with Crippen LogP contribution >= 0.6 is 0 Å². The molecule has 0 aliphatic carbocycles. The summed E-state index contributed by atoms with van der Waals surface area (Å²) in [5.74, 6) is 0.370. The van der Waals surface area contributed by atoms with Gasteiger partial charge in [0.25, 0.3) is 5.91 Å². The van der Waals surface area contributed by atoms with Gasteiger partial charge in [-0.2, -0.15) is 0 Å². The highest BCUT2D eigenvalue weighted by atomic mass is 16.5. The van der Waals surface area contributed by atoms with Gasteiger partial charge >= 0.3 is 0 Å². The Balaban J connectivity index is 1.55. The molecule has 0 saturated heterocycles. The third-order valence-electron chi connectivity index (χ3n) is 7.64. The number of anilines is 1. The van der Waals surface area contributed by atoms with Crippen molar-refractivity contribution in [1.82, 2.24) is 0 Å². The summed E-state index contributed by atoms with van der Waals surface area (Å²) in [5, 5.41) is 0. The molecule has 38 heavy (non-hydrogen) atoms. The number of para-hydroxylation sites is 1. The van der Waals surface area contributed by atoms with Crippen molar-refractivity contribution >= 4 is 17.4 Å². The molecular weight excluding hydrogens is 470 g/mol. The minimum Gasteiger partial charge on any atom is -0.497 e. The van der Waals surface area contributed by atoms with Gasteiger partial charge in [-0.15, -0.1) is 0 Å². The first-order valence-corrected chi connectivity index (χ1v) is 13.1. The van der Waals surface area contributed by atoms with E-state index >= 15 is 0 Å². The third-order valence-corrected chi connectivity index (χ3v) is 7.64. The number of amides is 1. The fraction of sp³-hybridized carbons (Fsp3) is 0.176. The molecule has 4 heteroatoms. The van der Waals surface area contributed by atoms with Crippen molar-refractivity contribution in [1.29, 1.82) is 0 Å². The van der Waals surface area contributed by atoms with Crippen LogP contribution in [0.2, 0.25) is 0 Å². The van der Waals surface area contributed by atoms with Gasteiger partial charge in [-0.1, -0.05) is 109 Å². The molecule has 188 valence electrons. The zero-order valence-electron chi connectivity index (χ0n) is 21.1. The first-order valence-electron chi connectivity index (χ1n) is 13.1. The first-order chi connectivity index (χ1) is 18.7. The zero-order chi connectivity index (χ0) is 25.9. The molecule has 4 nitrogen and oxygen atoms in total. The van der Waals surface area contributed by atoms with E-state index in [1.54, 1.807) is 0 Å². The summed E-state index contributed by atoms with van der Waals surface area (Å²) in [4.78, 5) is 29.7. The van der Waals surface area contributed by atoms with Crippen LogP contribution in [0.15, 0.2) is 133 Å². The van der Waals surface area contributed by atoms with E-state index in [2.05, 4.69) is 24.3 Å². The predicted molar refractivity (Wildman–Crippen MR) is 149 cm³/mol. The molecular formula is C34H29NO3. The Hall–Kier alpha value is -4.44. The number of carbonyl (C=O) groups excluding carboxylic acids is 2. The van der Waals surface area contributed by atoms with Crippen LogP contribution in [0.1, 0.15) is 46.3 Å². The maximum Gasteiger partial charge on any atom is 0.258 e. The molecule has 2 heterocycles. The van der Waals surface area contributed by atoms with E-state index in [1.807, 2.05) is 102 Å². The average Bonchev–Trinajstić information content (AvgIpc) is 3.48. The fourth-order valence-corrected chi connectivity index (χ4v) is 5.93. The highest BCUT2D eigenvalue weighted by Gasteiger charge is 2.49. The third kappa shape index (κ3) is 4.43. The van der Waals surface area contributed by atoms with Crippen LogP contribution in [0.4, 0.5) is 5.69 Å². The molecule has 3 atom stereocenters. The van der Waals surface area contributed by atoms with E-state index in [0.29, 0.717) is 25.0 Å². The summed E-state index contributed by atoms with van der Waals surface area (Å²) in [6.07, 6.45) is 0.878. The van der Waals surface area contributed by atoms with E-state index in [4.69, 9.17) is 4.74 Å². The molecule has 0 N–H and O–H groups in total. The van der Waals surface area contributed by atoms with E-state index in [9.17, 15) is 9.59 Å². The van der Waals surface area contributed by atoms with Crippen LogP contribution in [0.25, 0.3) is 0 Å². The van der Waals surface area contributed by atoms with E-state index in [1.165, 1.54) is 0 Å². The van der Waals surface area contributed by atoms with Gasteiger partial charge in [0.1, 0.15) is 5.76 Å². The summed E-state index contributed by atoms with van der Waals surface area (Å²) in [5.41, 5.74) is 4.34. The maximum atomic E-state index is 14.1. The average molecular weight is 500 g/mol. The lowest BCUT2D eigenvalue weighted by Crippen LogP contribution is -2.46. The molecule has 4 aromatic carbocycles. The van der Waals surface area contributed by atoms with Gasteiger partial charge in [-0.25, -0.2) is 0 Å². The highest BCUT2D eigenvalue weighted by Crippen LogP contribution is 2.52. The Morgan fingerprint density at radius 2 is 1.37 bits per heavy atom. The summed E-state index contributed by atoms with van der Waals surface area (Å²) in [7, 11) is 0. The smallest absolute Gasteiger partial charge is 0.258 e. The van der Waals surface area contributed by atoms with Gasteiger partial charge in [0, 0.05) is 35.9 Å². The standard InChI is InChI=1S/C34H29NO3/c36-30(25-15-7-2-8-16-25)23-29(24-13-5-1-6-14-24)31-32(26-17-9-3-10-18-26)35(27-19-11-4-12-20-27)34(37)28-21-22-38-33(28)31/h1-20,29,31-32H,21-23H2. The van der Waals surface area contributed by atoms with Crippen LogP contribution < -0.4 is 4.90 Å². The van der Waals surface area contributed by atoms with Gasteiger partial charge in [-0.3, -0.25) is 9.59 Å². The Bertz CT molecular complexity index is 1450. The molecule has 0 bridgehead atoms. The number of Topliss-reactive ketones (excluding diaryl/α,β-unsaturated/α-hetero) is 1. The summed E-state index contributed by atoms with van der Waals surface area (Å²) in [6.45, 7) is 0.477. The maximum absolute atomic E-state index is 14.1. The van der Waals surface area contributed by atoms with Gasteiger partial charge in [0.05, 0.1) is 18.2 Å². The number of ketones is 1. The minimum absolute atomic E-state index is 0.0185. The van der Waals surface area contributed by atoms with Crippen molar-refractivity contribution in [2.24, 2.45) is 5.92 Å². The molecule has 1 amide bonds. The van der Waals surface area contributed by atoms with Crippen molar-refractivity contribution in [3.63, 3.8) is 0 Å². The molecule has 6 rings (SSSR count). The number of ether oxygens (including phenoxy) is 1. The molecule has 2 aliphatic rings. The lowest BCUT2D eigenvalue weighted by molar-refractivity contribution is -0.116. The molecule has 0 aromatic heterocycles. The molecule has 0 fully saturated rings. The second kappa shape index (κ2) is 10.5. The van der Waals surface area contributed by atoms with E-state index in [0.717, 1.165) is 28.1 Å². The number of rotatable bonds is 7. The van der Waals surface area contributed by atoms with Crippen LogP contribution in [0.3, 0.4) is 0 Å². The van der Waals surface area contributed by atoms with Crippen molar-refractivity contribution in [3.05, 3.63) is 149 Å². The Morgan fingerprint density at radius 3 is 2.03 bits per heavy atom. The molecule has 3 unspecified atom stereocenters. The molecule has 0 spiro atoms. The van der Waals surface area contributed by atoms with Crippen LogP contribution in [0, 0.1) is 5.92 Å². The molecule has 0 radical (unpaired) electrons. The normalized spacial score (nSPS) is 19.6. The van der Waals surface area contributed by atoms with Crippen LogP contribution in [0.5, 0.6) is 0 Å². The summed E-state index contributed by atoms with van der Waals surface area (Å²) >= 11 is 0. The zero-order valence-corrected chi connectivity index (χ0v) is 21.1. The number of benzene rings is 4. The van der Waals surface area contributed by atoms with E-state index < -0.39 is 0 Å². The van der Waals surface area contributed by atoms with Crippen molar-refractivity contribution in [2.75, 3.05) is 11.5 Å². The molecule has 4 aromatic rings. The van der Waals surface area contributed by atoms with Crippen molar-refractivity contribution in [2.45, 2.75) is 24.8 Å². The van der Waals surface area contributed by atoms with Crippen molar-refractivity contribution in [3.8, 4) is 0 Å². The molecule has 0 saturated carbocycles. The summed E-state index contributed by atoms with van der Waals surface area (Å²) in [6, 6.07) is 39.3. The number of carbonyl (C=O) groups is 2. The van der Waals surface area contributed by atoms with Crippen LogP contribution in [-0.4, -0.2) is 18.3 Å². The monoisotopic (exact) mass is 499 g/mol. The number of hydrogen-bond acceptors (Lipinski definition) is 3. The fourth-order valence-electron chi connectivity index (χ4n) is 5.93. The van der Waals surface area contributed by atoms with Crippen LogP contribution in [-0.2, 0) is 9.53 Å². The SMILES string of the molecule is O=C(CC(c1ccccc1)C1C2=C(CCO2)C(=O)N(c2ccccc2)C1c1ccccc1)c1ccccc1. The Morgan fingerprint density at radius 1 is 0.789 bits per heavy atom. The molecule has 2 aliphatic heterocycles. The minimum atomic E-state index is -0.336. The quantitative estimate of drug-likeness (QED) is 0.254. The van der Waals surface area contributed by atoms with Gasteiger partial charge in [0.2, 0.25) is 0 Å². The lowest BCUT2D eigenvalue weighted by atomic mass is 9.71. The number of hydrogen-bond donors (Lipinski definition) is 0.